The van der Waals surface area contributed by atoms with E-state index < -0.39 is 0 Å². The maximum atomic E-state index is 6.18. The van der Waals surface area contributed by atoms with E-state index in [-0.39, 0.29) is 0 Å². The zero-order chi connectivity index (χ0) is 8.63. The molecule has 0 N–H and O–H groups in total. The van der Waals surface area contributed by atoms with Gasteiger partial charge in [0.2, 0.25) is 0 Å². The zero-order valence-corrected chi connectivity index (χ0v) is 8.33. The van der Waals surface area contributed by atoms with Crippen molar-refractivity contribution in [1.82, 2.24) is 0 Å². The van der Waals surface area contributed by atoms with Gasteiger partial charge in [0.25, 0.3) is 0 Å². The van der Waals surface area contributed by atoms with Gasteiger partial charge in [-0.25, -0.2) is 0 Å². The minimum Gasteiger partial charge on any atom is -0.374 e. The first-order valence-electron chi connectivity index (χ1n) is 5.93. The van der Waals surface area contributed by atoms with Crippen LogP contribution in [0.2, 0.25) is 0 Å². The predicted molar refractivity (Wildman–Crippen MR) is 50.3 cm³/mol. The third-order valence-electron chi connectivity index (χ3n) is 5.50. The van der Waals surface area contributed by atoms with Crippen LogP contribution in [-0.4, -0.2) is 12.2 Å². The van der Waals surface area contributed by atoms with Crippen molar-refractivity contribution in [2.45, 2.75) is 51.2 Å². The van der Waals surface area contributed by atoms with Gasteiger partial charge in [0.05, 0.1) is 12.2 Å². The third kappa shape index (κ3) is 0.674. The Bertz CT molecular complexity index is 262. The van der Waals surface area contributed by atoms with Gasteiger partial charge >= 0.3 is 0 Å². The van der Waals surface area contributed by atoms with Crippen molar-refractivity contribution in [1.29, 1.82) is 0 Å². The number of hydrogen-bond donors (Lipinski definition) is 0. The van der Waals surface area contributed by atoms with E-state index >= 15 is 0 Å². The van der Waals surface area contributed by atoms with Crippen LogP contribution in [-0.2, 0) is 4.74 Å². The third-order valence-corrected chi connectivity index (χ3v) is 5.50. The SMILES string of the molecule is CC12CC3OC4C(CCCC41)C3C2. The van der Waals surface area contributed by atoms with Crippen LogP contribution in [0, 0.1) is 23.2 Å². The molecule has 1 nitrogen and oxygen atoms in total. The van der Waals surface area contributed by atoms with Crippen LogP contribution in [0.3, 0.4) is 0 Å². The Kier molecular flexibility index (Phi) is 1.11. The summed E-state index contributed by atoms with van der Waals surface area (Å²) in [6, 6.07) is 0. The molecule has 0 aromatic rings. The molecule has 6 unspecified atom stereocenters. The van der Waals surface area contributed by atoms with Gasteiger partial charge in [0.15, 0.2) is 0 Å². The zero-order valence-electron chi connectivity index (χ0n) is 8.33. The molecule has 0 aromatic heterocycles. The minimum absolute atomic E-state index is 0.675. The van der Waals surface area contributed by atoms with Crippen LogP contribution in [0.5, 0.6) is 0 Å². The Hall–Kier alpha value is -0.0400. The monoisotopic (exact) mass is 178 g/mol. The summed E-state index contributed by atoms with van der Waals surface area (Å²) >= 11 is 0. The number of ether oxygens (including phenoxy) is 1. The topological polar surface area (TPSA) is 9.23 Å². The Labute approximate surface area is 79.8 Å². The van der Waals surface area contributed by atoms with Gasteiger partial charge in [0, 0.05) is 0 Å². The van der Waals surface area contributed by atoms with Gasteiger partial charge in [-0.05, 0) is 48.9 Å². The first-order chi connectivity index (χ1) is 6.28. The normalized spacial score (nSPS) is 67.6. The Balaban J connectivity index is 1.85. The molecule has 2 saturated heterocycles. The summed E-state index contributed by atoms with van der Waals surface area (Å²) in [5.41, 5.74) is 0.690. The van der Waals surface area contributed by atoms with Gasteiger partial charge in [-0.1, -0.05) is 13.3 Å². The maximum Gasteiger partial charge on any atom is 0.0644 e. The lowest BCUT2D eigenvalue weighted by atomic mass is 9.58. The fourth-order valence-electron chi connectivity index (χ4n) is 5.04. The molecule has 2 heterocycles. The molecule has 13 heavy (non-hydrogen) atoms. The lowest BCUT2D eigenvalue weighted by Crippen LogP contribution is -2.47. The minimum atomic E-state index is 0.675. The molecule has 6 atom stereocenters. The van der Waals surface area contributed by atoms with E-state index in [9.17, 15) is 0 Å². The van der Waals surface area contributed by atoms with E-state index in [2.05, 4.69) is 6.92 Å². The molecule has 0 aromatic carbocycles. The summed E-state index contributed by atoms with van der Waals surface area (Å²) < 4.78 is 6.18. The quantitative estimate of drug-likeness (QED) is 0.554. The smallest absolute Gasteiger partial charge is 0.0644 e. The number of rotatable bonds is 0. The molecule has 3 aliphatic carbocycles. The van der Waals surface area contributed by atoms with Crippen molar-refractivity contribution >= 4 is 0 Å². The lowest BCUT2D eigenvalue weighted by Gasteiger charge is -2.49. The molecular weight excluding hydrogens is 160 g/mol. The molecule has 5 fully saturated rings. The van der Waals surface area contributed by atoms with Crippen LogP contribution in [0.15, 0.2) is 0 Å². The van der Waals surface area contributed by atoms with Crippen LogP contribution >= 0.6 is 0 Å². The standard InChI is InChI=1S/C12H18O/c1-12-5-8-7-3-2-4-9(12)11(7)13-10(8)6-12/h7-11H,2-6H2,1H3. The molecule has 0 radical (unpaired) electrons. The molecule has 3 saturated carbocycles. The van der Waals surface area contributed by atoms with Gasteiger partial charge in [-0.2, -0.15) is 0 Å². The highest BCUT2D eigenvalue weighted by atomic mass is 16.5. The van der Waals surface area contributed by atoms with E-state index in [1.165, 1.54) is 32.1 Å². The van der Waals surface area contributed by atoms with Gasteiger partial charge in [-0.3, -0.25) is 0 Å². The van der Waals surface area contributed by atoms with Crippen molar-refractivity contribution in [2.75, 3.05) is 0 Å². The van der Waals surface area contributed by atoms with Crippen LogP contribution in [0.1, 0.15) is 39.0 Å². The lowest BCUT2D eigenvalue weighted by molar-refractivity contribution is -0.114. The fraction of sp³-hybridized carbons (Fsp3) is 1.00. The van der Waals surface area contributed by atoms with E-state index in [0.717, 1.165) is 17.8 Å². The molecule has 2 aliphatic heterocycles. The molecule has 1 heteroatoms. The number of hydrogen-bond acceptors (Lipinski definition) is 1. The van der Waals surface area contributed by atoms with E-state index in [1.807, 2.05) is 0 Å². The molecule has 72 valence electrons. The second-order valence-corrected chi connectivity index (χ2v) is 6.07. The molecule has 0 spiro atoms. The summed E-state index contributed by atoms with van der Waals surface area (Å²) in [6.45, 7) is 2.53. The molecule has 5 aliphatic rings. The van der Waals surface area contributed by atoms with Gasteiger partial charge < -0.3 is 4.74 Å². The van der Waals surface area contributed by atoms with Crippen LogP contribution in [0.25, 0.3) is 0 Å². The molecule has 0 amide bonds. The van der Waals surface area contributed by atoms with E-state index in [1.54, 1.807) is 0 Å². The van der Waals surface area contributed by atoms with Crippen molar-refractivity contribution in [3.05, 3.63) is 0 Å². The Morgan fingerprint density at radius 1 is 1.15 bits per heavy atom. The highest BCUT2D eigenvalue weighted by Crippen LogP contribution is 2.66. The average Bonchev–Trinajstić information content (AvgIpc) is 2.52. The van der Waals surface area contributed by atoms with Crippen LogP contribution < -0.4 is 0 Å². The van der Waals surface area contributed by atoms with Crippen molar-refractivity contribution in [3.63, 3.8) is 0 Å². The van der Waals surface area contributed by atoms with Crippen molar-refractivity contribution in [3.8, 4) is 0 Å². The first-order valence-corrected chi connectivity index (χ1v) is 5.93. The van der Waals surface area contributed by atoms with E-state index in [4.69, 9.17) is 4.74 Å². The summed E-state index contributed by atoms with van der Waals surface area (Å²) in [5, 5.41) is 0. The van der Waals surface area contributed by atoms with Gasteiger partial charge in [0.1, 0.15) is 0 Å². The highest BCUT2D eigenvalue weighted by Gasteiger charge is 2.65. The van der Waals surface area contributed by atoms with Crippen molar-refractivity contribution < 1.29 is 4.74 Å². The largest absolute Gasteiger partial charge is 0.374 e. The fourth-order valence-corrected chi connectivity index (χ4v) is 5.04. The summed E-state index contributed by atoms with van der Waals surface area (Å²) in [7, 11) is 0. The average molecular weight is 178 g/mol. The second kappa shape index (κ2) is 1.98. The Morgan fingerprint density at radius 2 is 2.08 bits per heavy atom. The van der Waals surface area contributed by atoms with E-state index in [0.29, 0.717) is 17.6 Å². The highest BCUT2D eigenvalue weighted by molar-refractivity contribution is 5.13. The molecule has 6 bridgehead atoms. The molecule has 5 rings (SSSR count). The Morgan fingerprint density at radius 3 is 3.00 bits per heavy atom. The maximum absolute atomic E-state index is 6.18. The first kappa shape index (κ1) is 7.28. The summed E-state index contributed by atoms with van der Waals surface area (Å²) in [4.78, 5) is 0. The predicted octanol–water partition coefficient (Wildman–Crippen LogP) is 2.60. The van der Waals surface area contributed by atoms with Crippen molar-refractivity contribution in [2.24, 2.45) is 23.2 Å². The summed E-state index contributed by atoms with van der Waals surface area (Å²) in [6.07, 6.45) is 8.65. The van der Waals surface area contributed by atoms with Gasteiger partial charge in [-0.15, -0.1) is 0 Å². The van der Waals surface area contributed by atoms with Crippen LogP contribution in [0.4, 0.5) is 0 Å². The molecular formula is C12H18O. The second-order valence-electron chi connectivity index (χ2n) is 6.07. The summed E-state index contributed by atoms with van der Waals surface area (Å²) in [5.74, 6) is 2.87.